The Balaban J connectivity index is 1.15. The molecule has 0 radical (unpaired) electrons. The minimum atomic E-state index is -0.102. The largest absolute Gasteiger partial charge is 0.497 e. The van der Waals surface area contributed by atoms with Gasteiger partial charge in [0.05, 0.1) is 32.3 Å². The fourth-order valence-electron chi connectivity index (χ4n) is 4.98. The van der Waals surface area contributed by atoms with Gasteiger partial charge in [-0.2, -0.15) is 0 Å². The van der Waals surface area contributed by atoms with Crippen molar-refractivity contribution in [1.82, 2.24) is 19.8 Å². The Bertz CT molecular complexity index is 1230. The summed E-state index contributed by atoms with van der Waals surface area (Å²) in [7, 11) is 1.65. The van der Waals surface area contributed by atoms with E-state index in [4.69, 9.17) is 9.47 Å². The van der Waals surface area contributed by atoms with Gasteiger partial charge in [0.2, 0.25) is 5.91 Å². The molecule has 1 atom stereocenters. The van der Waals surface area contributed by atoms with Crippen molar-refractivity contribution in [3.63, 3.8) is 0 Å². The molecule has 0 saturated carbocycles. The Morgan fingerprint density at radius 2 is 1.92 bits per heavy atom. The van der Waals surface area contributed by atoms with E-state index < -0.39 is 0 Å². The molecule has 1 aromatic heterocycles. The summed E-state index contributed by atoms with van der Waals surface area (Å²) >= 11 is 0. The lowest BCUT2D eigenvalue weighted by molar-refractivity contribution is -0.126. The highest BCUT2D eigenvalue weighted by Gasteiger charge is 2.32. The number of hydrogen-bond acceptors (Lipinski definition) is 5. The molecule has 5 rings (SSSR count). The number of aryl methyl sites for hydroxylation is 1. The molecule has 8 heteroatoms. The summed E-state index contributed by atoms with van der Waals surface area (Å²) < 4.78 is 13.3. The molecule has 0 unspecified atom stereocenters. The third kappa shape index (κ3) is 5.14. The van der Waals surface area contributed by atoms with Crippen LogP contribution in [0, 0.1) is 12.8 Å². The number of carbonyl (C=O) groups excluding carboxylic acids is 2. The van der Waals surface area contributed by atoms with Crippen LogP contribution in [-0.2, 0) is 29.2 Å². The van der Waals surface area contributed by atoms with Crippen LogP contribution in [0.2, 0.25) is 0 Å². The molecule has 36 heavy (non-hydrogen) atoms. The molecule has 188 valence electrons. The van der Waals surface area contributed by atoms with Crippen molar-refractivity contribution in [2.75, 3.05) is 20.2 Å². The van der Waals surface area contributed by atoms with E-state index in [0.29, 0.717) is 51.3 Å². The number of fused-ring (bicyclic) bond motifs is 1. The van der Waals surface area contributed by atoms with Crippen LogP contribution in [-0.4, -0.2) is 46.5 Å². The molecule has 1 fully saturated rings. The predicted molar refractivity (Wildman–Crippen MR) is 134 cm³/mol. The van der Waals surface area contributed by atoms with Crippen LogP contribution in [0.15, 0.2) is 54.9 Å². The van der Waals surface area contributed by atoms with Gasteiger partial charge in [0.15, 0.2) is 5.69 Å². The second-order valence-electron chi connectivity index (χ2n) is 9.54. The van der Waals surface area contributed by atoms with Gasteiger partial charge in [0, 0.05) is 25.6 Å². The van der Waals surface area contributed by atoms with Gasteiger partial charge >= 0.3 is 0 Å². The molecule has 2 aliphatic rings. The van der Waals surface area contributed by atoms with Crippen LogP contribution < -0.4 is 10.1 Å². The number of likely N-dealkylation sites (tertiary alicyclic amines) is 1. The van der Waals surface area contributed by atoms with Crippen LogP contribution >= 0.6 is 0 Å². The number of amides is 2. The monoisotopic (exact) mass is 488 g/mol. The van der Waals surface area contributed by atoms with Gasteiger partial charge in [-0.05, 0) is 43.0 Å². The fourth-order valence-corrected chi connectivity index (χ4v) is 4.98. The van der Waals surface area contributed by atoms with E-state index in [1.54, 1.807) is 13.4 Å². The smallest absolute Gasteiger partial charge is 0.274 e. The van der Waals surface area contributed by atoms with Crippen LogP contribution in [0.1, 0.15) is 51.8 Å². The number of nitrogens with zero attached hydrogens (tertiary/aromatic N) is 3. The molecule has 3 heterocycles. The maximum atomic E-state index is 13.3. The molecular formula is C28H32N4O4. The topological polar surface area (TPSA) is 85.7 Å². The number of hydrogen-bond donors (Lipinski definition) is 1. The van der Waals surface area contributed by atoms with Crippen LogP contribution in [0.3, 0.4) is 0 Å². The fraction of sp³-hybridized carbons (Fsp3) is 0.393. The van der Waals surface area contributed by atoms with Crippen LogP contribution in [0.4, 0.5) is 0 Å². The van der Waals surface area contributed by atoms with E-state index >= 15 is 0 Å². The summed E-state index contributed by atoms with van der Waals surface area (Å²) in [5.41, 5.74) is 4.59. The van der Waals surface area contributed by atoms with E-state index in [0.717, 1.165) is 22.6 Å². The zero-order valence-corrected chi connectivity index (χ0v) is 20.8. The minimum Gasteiger partial charge on any atom is -0.497 e. The molecule has 0 aliphatic carbocycles. The zero-order valence-electron chi connectivity index (χ0n) is 20.8. The Morgan fingerprint density at radius 1 is 1.14 bits per heavy atom. The highest BCUT2D eigenvalue weighted by atomic mass is 16.5. The summed E-state index contributed by atoms with van der Waals surface area (Å²) in [4.78, 5) is 32.2. The van der Waals surface area contributed by atoms with Crippen LogP contribution in [0.5, 0.6) is 5.75 Å². The SMILES string of the molecule is COc1ccc([C@@H]2Cn3cnc(C(=O)N4CCC(C(=O)NCc5cccc(C)c5)CC4)c3CO2)cc1. The van der Waals surface area contributed by atoms with Gasteiger partial charge in [-0.15, -0.1) is 0 Å². The number of rotatable bonds is 6. The van der Waals surface area contributed by atoms with Crippen molar-refractivity contribution in [3.05, 3.63) is 82.9 Å². The molecule has 8 nitrogen and oxygen atoms in total. The number of benzene rings is 2. The highest BCUT2D eigenvalue weighted by Crippen LogP contribution is 2.30. The third-order valence-corrected chi connectivity index (χ3v) is 7.12. The van der Waals surface area contributed by atoms with Gasteiger partial charge < -0.3 is 24.3 Å². The summed E-state index contributed by atoms with van der Waals surface area (Å²) in [5.74, 6) is 0.691. The van der Waals surface area contributed by atoms with Crippen molar-refractivity contribution >= 4 is 11.8 Å². The third-order valence-electron chi connectivity index (χ3n) is 7.12. The lowest BCUT2D eigenvalue weighted by atomic mass is 9.95. The maximum absolute atomic E-state index is 13.3. The summed E-state index contributed by atoms with van der Waals surface area (Å²) in [6.45, 7) is 4.59. The van der Waals surface area contributed by atoms with Gasteiger partial charge in [0.1, 0.15) is 11.9 Å². The molecule has 1 saturated heterocycles. The Hall–Kier alpha value is -3.65. The van der Waals surface area contributed by atoms with E-state index in [-0.39, 0.29) is 23.8 Å². The highest BCUT2D eigenvalue weighted by molar-refractivity contribution is 5.93. The first-order valence-corrected chi connectivity index (χ1v) is 12.4. The molecule has 0 spiro atoms. The molecule has 0 bridgehead atoms. The lowest BCUT2D eigenvalue weighted by Gasteiger charge is -2.31. The second-order valence-corrected chi connectivity index (χ2v) is 9.54. The first-order valence-electron chi connectivity index (χ1n) is 12.4. The van der Waals surface area contributed by atoms with E-state index in [2.05, 4.69) is 16.4 Å². The van der Waals surface area contributed by atoms with Crippen molar-refractivity contribution in [1.29, 1.82) is 0 Å². The van der Waals surface area contributed by atoms with Gasteiger partial charge in [-0.1, -0.05) is 42.0 Å². The molecular weight excluding hydrogens is 456 g/mol. The van der Waals surface area contributed by atoms with Gasteiger partial charge in [-0.3, -0.25) is 9.59 Å². The minimum absolute atomic E-state index is 0.0564. The first-order chi connectivity index (χ1) is 17.5. The van der Waals surface area contributed by atoms with Gasteiger partial charge in [-0.25, -0.2) is 4.98 Å². The Morgan fingerprint density at radius 3 is 2.64 bits per heavy atom. The van der Waals surface area contributed by atoms with Gasteiger partial charge in [0.25, 0.3) is 5.91 Å². The number of aromatic nitrogens is 2. The summed E-state index contributed by atoms with van der Waals surface area (Å²) in [5, 5.41) is 3.05. The van der Waals surface area contributed by atoms with Crippen molar-refractivity contribution in [2.45, 2.75) is 45.6 Å². The molecule has 1 N–H and O–H groups in total. The van der Waals surface area contributed by atoms with Crippen molar-refractivity contribution in [3.8, 4) is 5.75 Å². The number of methoxy groups -OCH3 is 1. The molecule has 3 aromatic rings. The Labute approximate surface area is 211 Å². The van der Waals surface area contributed by atoms with E-state index in [9.17, 15) is 9.59 Å². The summed E-state index contributed by atoms with van der Waals surface area (Å²) in [6.07, 6.45) is 2.93. The van der Waals surface area contributed by atoms with Crippen LogP contribution in [0.25, 0.3) is 0 Å². The number of imidazole rings is 1. The number of piperidine rings is 1. The number of nitrogens with one attached hydrogen (secondary N) is 1. The number of carbonyl (C=O) groups is 2. The Kier molecular flexibility index (Phi) is 7.04. The quantitative estimate of drug-likeness (QED) is 0.573. The average molecular weight is 489 g/mol. The van der Waals surface area contributed by atoms with Crippen molar-refractivity contribution < 1.29 is 19.1 Å². The second kappa shape index (κ2) is 10.5. The zero-order chi connectivity index (χ0) is 25.1. The maximum Gasteiger partial charge on any atom is 0.274 e. The molecule has 2 aromatic carbocycles. The van der Waals surface area contributed by atoms with Crippen molar-refractivity contribution in [2.24, 2.45) is 5.92 Å². The lowest BCUT2D eigenvalue weighted by Crippen LogP contribution is -2.43. The first kappa shape index (κ1) is 24.1. The molecule has 2 amide bonds. The van der Waals surface area contributed by atoms with E-state index in [1.807, 2.05) is 58.9 Å². The number of ether oxygens (including phenoxy) is 2. The average Bonchev–Trinajstić information content (AvgIpc) is 3.35. The predicted octanol–water partition coefficient (Wildman–Crippen LogP) is 3.64. The standard InChI is InChI=1S/C28H32N4O4/c1-19-4-3-5-20(14-19)15-29-27(33)22-10-12-31(13-11-22)28(34)26-24-17-36-25(16-32(24)18-30-26)21-6-8-23(35-2)9-7-21/h3-9,14,18,22,25H,10-13,15-17H2,1-2H3,(H,29,33)/t25-/m0/s1. The van der Waals surface area contributed by atoms with E-state index in [1.165, 1.54) is 5.56 Å². The normalized spacial score (nSPS) is 17.9. The molecule has 2 aliphatic heterocycles. The summed E-state index contributed by atoms with van der Waals surface area (Å²) in [6, 6.07) is 16.0.